The van der Waals surface area contributed by atoms with E-state index in [9.17, 15) is 4.79 Å². The van der Waals surface area contributed by atoms with Crippen molar-refractivity contribution in [2.75, 3.05) is 0 Å². The van der Waals surface area contributed by atoms with E-state index in [-0.39, 0.29) is 0 Å². The molecule has 8 heavy (non-hydrogen) atoms. The Bertz CT molecular complexity index is 124. The SMILES string of the molecule is CC(=C/I)/C=C/C=O. The van der Waals surface area contributed by atoms with Gasteiger partial charge in [0, 0.05) is 0 Å². The van der Waals surface area contributed by atoms with E-state index in [0.29, 0.717) is 0 Å². The van der Waals surface area contributed by atoms with Gasteiger partial charge in [0.05, 0.1) is 0 Å². The Morgan fingerprint density at radius 1 is 1.62 bits per heavy atom. The molecule has 0 aromatic rings. The van der Waals surface area contributed by atoms with Crippen LogP contribution in [-0.2, 0) is 4.79 Å². The Kier molecular flexibility index (Phi) is 4.95. The van der Waals surface area contributed by atoms with Gasteiger partial charge < -0.3 is 0 Å². The third-order valence-corrected chi connectivity index (χ3v) is 1.59. The molecule has 0 N–H and O–H groups in total. The smallest absolute Gasteiger partial charge is 0.142 e. The van der Waals surface area contributed by atoms with Gasteiger partial charge in [0.15, 0.2) is 0 Å². The van der Waals surface area contributed by atoms with Gasteiger partial charge in [0.25, 0.3) is 0 Å². The summed E-state index contributed by atoms with van der Waals surface area (Å²) in [5.74, 6) is 0. The van der Waals surface area contributed by atoms with E-state index in [1.54, 1.807) is 6.08 Å². The summed E-state index contributed by atoms with van der Waals surface area (Å²) in [6.07, 6.45) is 4.01. The highest BCUT2D eigenvalue weighted by molar-refractivity contribution is 14.1. The average molecular weight is 222 g/mol. The highest BCUT2D eigenvalue weighted by atomic mass is 127. The molecule has 0 fully saturated rings. The maximum atomic E-state index is 9.71. The lowest BCUT2D eigenvalue weighted by atomic mass is 10.3. The Labute approximate surface area is 62.6 Å². The zero-order valence-corrected chi connectivity index (χ0v) is 6.75. The van der Waals surface area contributed by atoms with Crippen LogP contribution in [0.2, 0.25) is 0 Å². The van der Waals surface area contributed by atoms with Crippen LogP contribution in [0.4, 0.5) is 0 Å². The third-order valence-electron chi connectivity index (χ3n) is 0.610. The predicted octanol–water partition coefficient (Wildman–Crippen LogP) is 2.08. The third kappa shape index (κ3) is 4.05. The second kappa shape index (κ2) is 5.03. The van der Waals surface area contributed by atoms with Crippen molar-refractivity contribution in [1.29, 1.82) is 0 Å². The highest BCUT2D eigenvalue weighted by Gasteiger charge is 1.73. The largest absolute Gasteiger partial charge is 0.299 e. The molecule has 0 atom stereocenters. The van der Waals surface area contributed by atoms with Crippen LogP contribution in [-0.4, -0.2) is 6.29 Å². The molecule has 1 nitrogen and oxygen atoms in total. The van der Waals surface area contributed by atoms with Gasteiger partial charge in [-0.2, -0.15) is 0 Å². The van der Waals surface area contributed by atoms with Crippen LogP contribution in [0.3, 0.4) is 0 Å². The molecule has 44 valence electrons. The van der Waals surface area contributed by atoms with E-state index in [0.717, 1.165) is 11.9 Å². The van der Waals surface area contributed by atoms with Crippen LogP contribution < -0.4 is 0 Å². The topological polar surface area (TPSA) is 17.1 Å². The minimum absolute atomic E-state index is 0.768. The van der Waals surface area contributed by atoms with Gasteiger partial charge in [-0.3, -0.25) is 4.79 Å². The first-order valence-electron chi connectivity index (χ1n) is 2.20. The number of hydrogen-bond donors (Lipinski definition) is 0. The number of carbonyl (C=O) groups excluding carboxylic acids is 1. The molecule has 0 aliphatic rings. The van der Waals surface area contributed by atoms with E-state index >= 15 is 0 Å². The lowest BCUT2D eigenvalue weighted by Crippen LogP contribution is -1.63. The van der Waals surface area contributed by atoms with Crippen molar-refractivity contribution in [3.05, 3.63) is 21.8 Å². The molecule has 0 bridgehead atoms. The first kappa shape index (κ1) is 7.88. The molecular formula is C6H7IO. The molecule has 0 unspecified atom stereocenters. The van der Waals surface area contributed by atoms with Gasteiger partial charge >= 0.3 is 0 Å². The number of aldehydes is 1. The Morgan fingerprint density at radius 2 is 2.25 bits per heavy atom. The molecule has 0 amide bonds. The standard InChI is InChI=1S/C6H7IO/c1-6(5-7)3-2-4-8/h2-5H,1H3/b3-2+,6-5-. The van der Waals surface area contributed by atoms with Crippen molar-refractivity contribution >= 4 is 28.9 Å². The zero-order valence-electron chi connectivity index (χ0n) is 4.60. The summed E-state index contributed by atoms with van der Waals surface area (Å²) in [6.45, 7) is 1.94. The zero-order chi connectivity index (χ0) is 6.41. The number of hydrogen-bond acceptors (Lipinski definition) is 1. The van der Waals surface area contributed by atoms with Gasteiger partial charge in [-0.1, -0.05) is 28.7 Å². The quantitative estimate of drug-likeness (QED) is 0.302. The minimum Gasteiger partial charge on any atom is -0.299 e. The highest BCUT2D eigenvalue weighted by Crippen LogP contribution is 1.97. The second-order valence-electron chi connectivity index (χ2n) is 1.35. The molecule has 0 heterocycles. The molecule has 0 saturated carbocycles. The summed E-state index contributed by atoms with van der Waals surface area (Å²) < 4.78 is 1.91. The lowest BCUT2D eigenvalue weighted by molar-refractivity contribution is -0.104. The summed E-state index contributed by atoms with van der Waals surface area (Å²) in [7, 11) is 0. The minimum atomic E-state index is 0.768. The maximum absolute atomic E-state index is 9.71. The van der Waals surface area contributed by atoms with Crippen LogP contribution >= 0.6 is 22.6 Å². The molecular weight excluding hydrogens is 215 g/mol. The molecule has 0 saturated heterocycles. The van der Waals surface area contributed by atoms with Crippen LogP contribution in [0.25, 0.3) is 0 Å². The van der Waals surface area contributed by atoms with E-state index in [2.05, 4.69) is 22.6 Å². The molecule has 0 aromatic carbocycles. The molecule has 0 aliphatic heterocycles. The second-order valence-corrected chi connectivity index (χ2v) is 1.97. The van der Waals surface area contributed by atoms with Gasteiger partial charge in [-0.05, 0) is 22.7 Å². The first-order chi connectivity index (χ1) is 3.81. The van der Waals surface area contributed by atoms with E-state index < -0.39 is 0 Å². The number of allylic oxidation sites excluding steroid dienone is 3. The van der Waals surface area contributed by atoms with Crippen LogP contribution in [0, 0.1) is 0 Å². The van der Waals surface area contributed by atoms with E-state index in [1.165, 1.54) is 6.08 Å². The fraction of sp³-hybridized carbons (Fsp3) is 0.167. The van der Waals surface area contributed by atoms with Crippen molar-refractivity contribution < 1.29 is 4.79 Å². The number of carbonyl (C=O) groups is 1. The molecule has 0 aliphatic carbocycles. The van der Waals surface area contributed by atoms with E-state index in [1.807, 2.05) is 11.0 Å². The lowest BCUT2D eigenvalue weighted by Gasteiger charge is -1.79. The van der Waals surface area contributed by atoms with Gasteiger partial charge in [0.2, 0.25) is 0 Å². The molecule has 2 heteroatoms. The van der Waals surface area contributed by atoms with Crippen LogP contribution in [0.15, 0.2) is 21.8 Å². The first-order valence-corrected chi connectivity index (χ1v) is 3.44. The Hall–Kier alpha value is -0.120. The Morgan fingerprint density at radius 3 is 2.62 bits per heavy atom. The number of halogens is 1. The molecule has 0 spiro atoms. The van der Waals surface area contributed by atoms with Crippen molar-refractivity contribution in [2.24, 2.45) is 0 Å². The molecule has 0 aromatic heterocycles. The van der Waals surface area contributed by atoms with E-state index in [4.69, 9.17) is 0 Å². The Balaban J connectivity index is 3.69. The summed E-state index contributed by atoms with van der Waals surface area (Å²) in [4.78, 5) is 9.71. The summed E-state index contributed by atoms with van der Waals surface area (Å²) in [5.41, 5.74) is 1.10. The fourth-order valence-corrected chi connectivity index (χ4v) is 0.435. The molecule has 0 radical (unpaired) electrons. The monoisotopic (exact) mass is 222 g/mol. The van der Waals surface area contributed by atoms with Crippen molar-refractivity contribution in [2.45, 2.75) is 6.92 Å². The molecule has 0 rings (SSSR count). The predicted molar refractivity (Wildman–Crippen MR) is 43.0 cm³/mol. The van der Waals surface area contributed by atoms with Crippen molar-refractivity contribution in [3.8, 4) is 0 Å². The van der Waals surface area contributed by atoms with Crippen molar-refractivity contribution in [3.63, 3.8) is 0 Å². The fourth-order valence-electron chi connectivity index (χ4n) is 0.227. The van der Waals surface area contributed by atoms with Gasteiger partial charge in [-0.25, -0.2) is 0 Å². The number of rotatable bonds is 2. The van der Waals surface area contributed by atoms with Gasteiger partial charge in [-0.15, -0.1) is 0 Å². The van der Waals surface area contributed by atoms with Crippen LogP contribution in [0.5, 0.6) is 0 Å². The summed E-state index contributed by atoms with van der Waals surface area (Å²) >= 11 is 2.12. The summed E-state index contributed by atoms with van der Waals surface area (Å²) in [6, 6.07) is 0. The summed E-state index contributed by atoms with van der Waals surface area (Å²) in [5, 5.41) is 0. The van der Waals surface area contributed by atoms with Crippen LogP contribution in [0.1, 0.15) is 6.92 Å². The normalized spacial score (nSPS) is 12.5. The average Bonchev–Trinajstić information content (AvgIpc) is 1.83. The van der Waals surface area contributed by atoms with Crippen molar-refractivity contribution in [1.82, 2.24) is 0 Å². The maximum Gasteiger partial charge on any atom is 0.142 e. The van der Waals surface area contributed by atoms with Gasteiger partial charge in [0.1, 0.15) is 6.29 Å².